The van der Waals surface area contributed by atoms with E-state index in [4.69, 9.17) is 4.74 Å². The van der Waals surface area contributed by atoms with Crippen molar-refractivity contribution in [2.75, 3.05) is 19.7 Å². The SMILES string of the molecule is CCOc1ccc(C(=O)C2CCN(C(=O)Cc3cccs3)CC2)cc1. The summed E-state index contributed by atoms with van der Waals surface area (Å²) in [6.07, 6.45) is 1.94. The first-order valence-electron chi connectivity index (χ1n) is 8.74. The first kappa shape index (κ1) is 17.7. The van der Waals surface area contributed by atoms with Crippen LogP contribution in [0.3, 0.4) is 0 Å². The number of piperidine rings is 1. The van der Waals surface area contributed by atoms with E-state index in [-0.39, 0.29) is 17.6 Å². The third-order valence-corrected chi connectivity index (χ3v) is 5.45. The average molecular weight is 357 g/mol. The Hall–Kier alpha value is -2.14. The van der Waals surface area contributed by atoms with E-state index in [2.05, 4.69) is 0 Å². The molecule has 132 valence electrons. The van der Waals surface area contributed by atoms with Gasteiger partial charge in [-0.2, -0.15) is 0 Å². The molecule has 2 aromatic rings. The normalized spacial score (nSPS) is 15.2. The number of Topliss-reactive ketones (excluding diaryl/α,β-unsaturated/α-hetero) is 1. The lowest BCUT2D eigenvalue weighted by Gasteiger charge is -2.31. The Balaban J connectivity index is 1.52. The molecule has 5 heteroatoms. The van der Waals surface area contributed by atoms with Crippen molar-refractivity contribution < 1.29 is 14.3 Å². The van der Waals surface area contributed by atoms with E-state index < -0.39 is 0 Å². The fourth-order valence-corrected chi connectivity index (χ4v) is 3.88. The largest absolute Gasteiger partial charge is 0.494 e. The molecule has 3 rings (SSSR count). The van der Waals surface area contributed by atoms with Crippen molar-refractivity contribution in [2.45, 2.75) is 26.2 Å². The summed E-state index contributed by atoms with van der Waals surface area (Å²) in [6.45, 7) is 3.88. The smallest absolute Gasteiger partial charge is 0.227 e. The Labute approximate surface area is 152 Å². The minimum atomic E-state index is 0.00345. The highest BCUT2D eigenvalue weighted by atomic mass is 32.1. The van der Waals surface area contributed by atoms with Crippen molar-refractivity contribution >= 4 is 23.0 Å². The second-order valence-electron chi connectivity index (χ2n) is 6.23. The molecule has 2 heterocycles. The number of carbonyl (C=O) groups is 2. The standard InChI is InChI=1S/C20H23NO3S/c1-2-24-17-7-5-15(6-8-17)20(23)16-9-11-21(12-10-16)19(22)14-18-4-3-13-25-18/h3-8,13,16H,2,9-12,14H2,1H3. The number of thiophene rings is 1. The van der Waals surface area contributed by atoms with Crippen molar-refractivity contribution in [1.29, 1.82) is 0 Å². The third-order valence-electron chi connectivity index (χ3n) is 4.57. The zero-order valence-corrected chi connectivity index (χ0v) is 15.3. The van der Waals surface area contributed by atoms with E-state index in [9.17, 15) is 9.59 Å². The van der Waals surface area contributed by atoms with Crippen LogP contribution in [-0.2, 0) is 11.2 Å². The van der Waals surface area contributed by atoms with Crippen molar-refractivity contribution in [1.82, 2.24) is 4.90 Å². The second-order valence-corrected chi connectivity index (χ2v) is 7.27. The maximum atomic E-state index is 12.7. The average Bonchev–Trinajstić information content (AvgIpc) is 3.15. The monoisotopic (exact) mass is 357 g/mol. The van der Waals surface area contributed by atoms with Crippen LogP contribution in [0.2, 0.25) is 0 Å². The highest BCUT2D eigenvalue weighted by Gasteiger charge is 2.28. The van der Waals surface area contributed by atoms with Crippen LogP contribution in [0, 0.1) is 5.92 Å². The zero-order chi connectivity index (χ0) is 17.6. The summed E-state index contributed by atoms with van der Waals surface area (Å²) in [4.78, 5) is 28.0. The molecule has 1 fully saturated rings. The van der Waals surface area contributed by atoms with E-state index in [1.54, 1.807) is 11.3 Å². The Morgan fingerprint density at radius 1 is 1.16 bits per heavy atom. The van der Waals surface area contributed by atoms with Crippen LogP contribution in [0.5, 0.6) is 5.75 Å². The van der Waals surface area contributed by atoms with E-state index in [0.29, 0.717) is 26.1 Å². The molecule has 0 aliphatic carbocycles. The molecule has 1 amide bonds. The van der Waals surface area contributed by atoms with Crippen LogP contribution in [-0.4, -0.2) is 36.3 Å². The number of hydrogen-bond acceptors (Lipinski definition) is 4. The first-order valence-corrected chi connectivity index (χ1v) is 9.62. The molecule has 0 spiro atoms. The summed E-state index contributed by atoms with van der Waals surface area (Å²) < 4.78 is 5.41. The Bertz CT molecular complexity index is 701. The van der Waals surface area contributed by atoms with Gasteiger partial charge < -0.3 is 9.64 Å². The van der Waals surface area contributed by atoms with Crippen LogP contribution in [0.25, 0.3) is 0 Å². The van der Waals surface area contributed by atoms with Gasteiger partial charge in [0.05, 0.1) is 13.0 Å². The number of likely N-dealkylation sites (tertiary alicyclic amines) is 1. The summed E-state index contributed by atoms with van der Waals surface area (Å²) in [5.74, 6) is 1.12. The van der Waals surface area contributed by atoms with Crippen LogP contribution in [0.1, 0.15) is 35.0 Å². The molecule has 1 aromatic heterocycles. The number of ketones is 1. The number of nitrogens with zero attached hydrogens (tertiary/aromatic N) is 1. The van der Waals surface area contributed by atoms with Gasteiger partial charge in [0.1, 0.15) is 5.75 Å². The Morgan fingerprint density at radius 2 is 1.88 bits per heavy atom. The molecular formula is C20H23NO3S. The topological polar surface area (TPSA) is 46.6 Å². The third kappa shape index (κ3) is 4.48. The molecule has 0 saturated carbocycles. The van der Waals surface area contributed by atoms with E-state index in [1.807, 2.05) is 53.6 Å². The minimum Gasteiger partial charge on any atom is -0.494 e. The quantitative estimate of drug-likeness (QED) is 0.739. The van der Waals surface area contributed by atoms with Crippen LogP contribution in [0.4, 0.5) is 0 Å². The van der Waals surface area contributed by atoms with Gasteiger partial charge in [-0.15, -0.1) is 11.3 Å². The molecule has 4 nitrogen and oxygen atoms in total. The number of rotatable bonds is 6. The number of hydrogen-bond donors (Lipinski definition) is 0. The van der Waals surface area contributed by atoms with Crippen LogP contribution < -0.4 is 4.74 Å². The lowest BCUT2D eigenvalue weighted by Crippen LogP contribution is -2.40. The van der Waals surface area contributed by atoms with Gasteiger partial charge in [0.25, 0.3) is 0 Å². The number of amides is 1. The molecule has 0 bridgehead atoms. The summed E-state index contributed by atoms with van der Waals surface area (Å²) in [5, 5.41) is 1.99. The second kappa shape index (κ2) is 8.30. The molecule has 1 aliphatic heterocycles. The van der Waals surface area contributed by atoms with Crippen molar-refractivity contribution in [3.05, 3.63) is 52.2 Å². The molecule has 0 N–H and O–H groups in total. The van der Waals surface area contributed by atoms with Gasteiger partial charge in [0.15, 0.2) is 5.78 Å². The molecule has 0 radical (unpaired) electrons. The minimum absolute atomic E-state index is 0.00345. The molecule has 0 unspecified atom stereocenters. The van der Waals surface area contributed by atoms with Gasteiger partial charge in [-0.05, 0) is 55.5 Å². The summed E-state index contributed by atoms with van der Waals surface area (Å²) >= 11 is 1.61. The zero-order valence-electron chi connectivity index (χ0n) is 14.4. The van der Waals surface area contributed by atoms with Crippen molar-refractivity contribution in [3.63, 3.8) is 0 Å². The predicted molar refractivity (Wildman–Crippen MR) is 99.3 cm³/mol. The van der Waals surface area contributed by atoms with Gasteiger partial charge in [-0.1, -0.05) is 6.07 Å². The van der Waals surface area contributed by atoms with Gasteiger partial charge in [0, 0.05) is 29.4 Å². The van der Waals surface area contributed by atoms with Gasteiger partial charge in [-0.25, -0.2) is 0 Å². The Kier molecular flexibility index (Phi) is 5.87. The summed E-state index contributed by atoms with van der Waals surface area (Å²) in [5.41, 5.74) is 0.729. The molecule has 1 saturated heterocycles. The highest BCUT2D eigenvalue weighted by Crippen LogP contribution is 2.24. The summed E-state index contributed by atoms with van der Waals surface area (Å²) in [6, 6.07) is 11.3. The lowest BCUT2D eigenvalue weighted by molar-refractivity contribution is -0.131. The van der Waals surface area contributed by atoms with E-state index in [1.165, 1.54) is 0 Å². The number of ether oxygens (including phenoxy) is 1. The molecule has 1 aliphatic rings. The lowest BCUT2D eigenvalue weighted by atomic mass is 9.88. The fourth-order valence-electron chi connectivity index (χ4n) is 3.18. The Morgan fingerprint density at radius 3 is 2.48 bits per heavy atom. The van der Waals surface area contributed by atoms with E-state index in [0.717, 1.165) is 29.0 Å². The van der Waals surface area contributed by atoms with Gasteiger partial charge in [0.2, 0.25) is 5.91 Å². The van der Waals surface area contributed by atoms with Gasteiger partial charge in [-0.3, -0.25) is 9.59 Å². The highest BCUT2D eigenvalue weighted by molar-refractivity contribution is 7.10. The number of carbonyl (C=O) groups excluding carboxylic acids is 2. The molecule has 1 aromatic carbocycles. The molecule has 0 atom stereocenters. The molecular weight excluding hydrogens is 334 g/mol. The maximum absolute atomic E-state index is 12.7. The van der Waals surface area contributed by atoms with Crippen LogP contribution in [0.15, 0.2) is 41.8 Å². The van der Waals surface area contributed by atoms with Crippen LogP contribution >= 0.6 is 11.3 Å². The summed E-state index contributed by atoms with van der Waals surface area (Å²) in [7, 11) is 0. The first-order chi connectivity index (χ1) is 12.2. The van der Waals surface area contributed by atoms with Crippen molar-refractivity contribution in [2.24, 2.45) is 5.92 Å². The molecule has 25 heavy (non-hydrogen) atoms. The fraction of sp³-hybridized carbons (Fsp3) is 0.400. The maximum Gasteiger partial charge on any atom is 0.227 e. The van der Waals surface area contributed by atoms with E-state index >= 15 is 0 Å². The number of benzene rings is 1. The predicted octanol–water partition coefficient (Wildman–Crippen LogP) is 3.81. The van der Waals surface area contributed by atoms with Gasteiger partial charge >= 0.3 is 0 Å². The van der Waals surface area contributed by atoms with Crippen molar-refractivity contribution in [3.8, 4) is 5.75 Å².